The number of hydrogen-bond acceptors (Lipinski definition) is 4. The summed E-state index contributed by atoms with van der Waals surface area (Å²) in [7, 11) is 0. The van der Waals surface area contributed by atoms with Crippen LogP contribution in [-0.2, 0) is 6.18 Å². The van der Waals surface area contributed by atoms with Crippen molar-refractivity contribution in [3.05, 3.63) is 82.7 Å². The predicted octanol–water partition coefficient (Wildman–Crippen LogP) is 4.72. The molecule has 0 atom stereocenters. The van der Waals surface area contributed by atoms with Gasteiger partial charge in [-0.1, -0.05) is 30.3 Å². The van der Waals surface area contributed by atoms with E-state index < -0.39 is 11.7 Å². The van der Waals surface area contributed by atoms with Crippen LogP contribution < -0.4 is 0 Å². The number of carbonyl (C=O) groups excluding carboxylic acids is 2. The molecule has 2 saturated heterocycles. The van der Waals surface area contributed by atoms with Crippen LogP contribution in [0.15, 0.2) is 66.7 Å². The molecule has 0 saturated carbocycles. The van der Waals surface area contributed by atoms with Crippen molar-refractivity contribution in [2.75, 3.05) is 39.3 Å². The highest BCUT2D eigenvalue weighted by atomic mass is 32.1. The average Bonchev–Trinajstić information content (AvgIpc) is 3.34. The van der Waals surface area contributed by atoms with Gasteiger partial charge in [0.15, 0.2) is 0 Å². The van der Waals surface area contributed by atoms with Crippen LogP contribution >= 0.6 is 11.3 Å². The number of hydrogen-bond donors (Lipinski definition) is 0. The lowest BCUT2D eigenvalue weighted by Crippen LogP contribution is -2.64. The second-order valence-electron chi connectivity index (χ2n) is 8.80. The van der Waals surface area contributed by atoms with Gasteiger partial charge in [-0.3, -0.25) is 14.5 Å². The van der Waals surface area contributed by atoms with Crippen LogP contribution in [-0.4, -0.2) is 71.8 Å². The zero-order chi connectivity index (χ0) is 24.6. The van der Waals surface area contributed by atoms with E-state index in [4.69, 9.17) is 0 Å². The van der Waals surface area contributed by atoms with E-state index in [9.17, 15) is 22.8 Å². The number of piperazine rings is 1. The summed E-state index contributed by atoms with van der Waals surface area (Å²) in [5.41, 5.74) is 0.672. The Bertz CT molecular complexity index is 1200. The summed E-state index contributed by atoms with van der Waals surface area (Å²) in [6.07, 6.45) is -4.37. The smallest absolute Gasteiger partial charge is 0.336 e. The molecule has 2 aliphatic heterocycles. The minimum atomic E-state index is -4.37. The molecule has 0 aliphatic carbocycles. The maximum Gasteiger partial charge on any atom is 0.416 e. The Morgan fingerprint density at radius 3 is 2.06 bits per heavy atom. The lowest BCUT2D eigenvalue weighted by atomic mass is 10.1. The Labute approximate surface area is 205 Å². The normalized spacial score (nSPS) is 17.3. The Kier molecular flexibility index (Phi) is 6.37. The monoisotopic (exact) mass is 499 g/mol. The van der Waals surface area contributed by atoms with Gasteiger partial charge in [0.1, 0.15) is 0 Å². The Balaban J connectivity index is 1.12. The van der Waals surface area contributed by atoms with Crippen LogP contribution in [0.4, 0.5) is 13.2 Å². The lowest BCUT2D eigenvalue weighted by molar-refractivity contribution is -0.137. The molecule has 182 valence electrons. The summed E-state index contributed by atoms with van der Waals surface area (Å²) < 4.78 is 38.4. The molecule has 0 bridgehead atoms. The molecule has 5 rings (SSSR count). The Morgan fingerprint density at radius 1 is 0.771 bits per heavy atom. The molecular formula is C26H24F3N3O2S. The van der Waals surface area contributed by atoms with E-state index in [2.05, 4.69) is 4.90 Å². The molecule has 3 heterocycles. The predicted molar refractivity (Wildman–Crippen MR) is 128 cm³/mol. The highest BCUT2D eigenvalue weighted by molar-refractivity contribution is 7.17. The number of alkyl halides is 3. The average molecular weight is 500 g/mol. The van der Waals surface area contributed by atoms with E-state index in [-0.39, 0.29) is 17.9 Å². The molecule has 2 aromatic carbocycles. The van der Waals surface area contributed by atoms with Crippen molar-refractivity contribution in [1.29, 1.82) is 0 Å². The fraction of sp³-hybridized carbons (Fsp3) is 0.308. The number of amides is 2. The zero-order valence-corrected chi connectivity index (χ0v) is 19.7. The SMILES string of the molecule is O=C(c1ccccc1)N1CCN(C2CN(C(=O)c3ccc(-c4ccc(C(F)(F)F)cc4)s3)C2)CC1. The standard InChI is InChI=1S/C26H24F3N3O2S/c27-26(28,29)20-8-6-18(7-9-20)22-10-11-23(35-22)25(34)32-16-21(17-32)30-12-14-31(15-13-30)24(33)19-4-2-1-3-5-19/h1-11,21H,12-17H2. The molecule has 35 heavy (non-hydrogen) atoms. The van der Waals surface area contributed by atoms with Gasteiger partial charge in [0.25, 0.3) is 11.8 Å². The third-order valence-corrected chi connectivity index (χ3v) is 7.72. The van der Waals surface area contributed by atoms with Crippen molar-refractivity contribution in [1.82, 2.24) is 14.7 Å². The molecule has 9 heteroatoms. The van der Waals surface area contributed by atoms with E-state index in [1.807, 2.05) is 35.2 Å². The van der Waals surface area contributed by atoms with Gasteiger partial charge in [-0.15, -0.1) is 11.3 Å². The number of likely N-dealkylation sites (tertiary alicyclic amines) is 1. The first-order chi connectivity index (χ1) is 16.8. The molecule has 2 aliphatic rings. The molecule has 2 amide bonds. The number of rotatable bonds is 4. The van der Waals surface area contributed by atoms with Crippen molar-refractivity contribution in [2.24, 2.45) is 0 Å². The van der Waals surface area contributed by atoms with Gasteiger partial charge in [0.05, 0.1) is 10.4 Å². The molecule has 5 nitrogen and oxygen atoms in total. The highest BCUT2D eigenvalue weighted by Gasteiger charge is 2.37. The quantitative estimate of drug-likeness (QED) is 0.522. The molecule has 3 aromatic rings. The number of benzene rings is 2. The number of nitrogens with zero attached hydrogens (tertiary/aromatic N) is 3. The fourth-order valence-electron chi connectivity index (χ4n) is 4.49. The second kappa shape index (κ2) is 9.47. The lowest BCUT2D eigenvalue weighted by Gasteiger charge is -2.48. The van der Waals surface area contributed by atoms with Gasteiger partial charge >= 0.3 is 6.18 Å². The maximum absolute atomic E-state index is 12.9. The first-order valence-corrected chi connectivity index (χ1v) is 12.3. The minimum Gasteiger partial charge on any atom is -0.336 e. The van der Waals surface area contributed by atoms with E-state index in [0.29, 0.717) is 42.2 Å². The summed E-state index contributed by atoms with van der Waals surface area (Å²) in [6, 6.07) is 18.1. The van der Waals surface area contributed by atoms with Crippen LogP contribution in [0.5, 0.6) is 0 Å². The maximum atomic E-state index is 12.9. The van der Waals surface area contributed by atoms with Crippen LogP contribution in [0.25, 0.3) is 10.4 Å². The Morgan fingerprint density at radius 2 is 1.43 bits per heavy atom. The van der Waals surface area contributed by atoms with E-state index in [1.165, 1.54) is 23.5 Å². The third kappa shape index (κ3) is 4.97. The molecule has 0 N–H and O–H groups in total. The third-order valence-electron chi connectivity index (χ3n) is 6.60. The van der Waals surface area contributed by atoms with Crippen molar-refractivity contribution < 1.29 is 22.8 Å². The molecule has 0 radical (unpaired) electrons. The van der Waals surface area contributed by atoms with Gasteiger partial charge in [0.2, 0.25) is 0 Å². The summed E-state index contributed by atoms with van der Waals surface area (Å²) in [5, 5.41) is 0. The second-order valence-corrected chi connectivity index (χ2v) is 9.88. The molecular weight excluding hydrogens is 475 g/mol. The van der Waals surface area contributed by atoms with Crippen LogP contribution in [0.2, 0.25) is 0 Å². The van der Waals surface area contributed by atoms with E-state index in [0.717, 1.165) is 30.1 Å². The molecule has 0 unspecified atom stereocenters. The number of halogens is 3. The van der Waals surface area contributed by atoms with E-state index in [1.54, 1.807) is 17.0 Å². The topological polar surface area (TPSA) is 43.9 Å². The van der Waals surface area contributed by atoms with Gasteiger partial charge in [-0.2, -0.15) is 13.2 Å². The first-order valence-electron chi connectivity index (χ1n) is 11.4. The van der Waals surface area contributed by atoms with Crippen molar-refractivity contribution in [3.63, 3.8) is 0 Å². The van der Waals surface area contributed by atoms with Crippen molar-refractivity contribution in [3.8, 4) is 10.4 Å². The van der Waals surface area contributed by atoms with Crippen LogP contribution in [0.3, 0.4) is 0 Å². The van der Waals surface area contributed by atoms with Crippen LogP contribution in [0, 0.1) is 0 Å². The van der Waals surface area contributed by atoms with Gasteiger partial charge < -0.3 is 9.80 Å². The number of thiophene rings is 1. The van der Waals surface area contributed by atoms with Crippen molar-refractivity contribution in [2.45, 2.75) is 12.2 Å². The number of carbonyl (C=O) groups is 2. The van der Waals surface area contributed by atoms with Crippen LogP contribution in [0.1, 0.15) is 25.6 Å². The summed E-state index contributed by atoms with van der Waals surface area (Å²) in [5.74, 6) is -0.000451. The summed E-state index contributed by atoms with van der Waals surface area (Å²) >= 11 is 1.29. The summed E-state index contributed by atoms with van der Waals surface area (Å²) in [4.78, 5) is 32.9. The highest BCUT2D eigenvalue weighted by Crippen LogP contribution is 2.34. The fourth-order valence-corrected chi connectivity index (χ4v) is 5.47. The van der Waals surface area contributed by atoms with Gasteiger partial charge in [0, 0.05) is 55.8 Å². The molecule has 0 spiro atoms. The van der Waals surface area contributed by atoms with Gasteiger partial charge in [-0.25, -0.2) is 0 Å². The summed E-state index contributed by atoms with van der Waals surface area (Å²) in [6.45, 7) is 4.17. The zero-order valence-electron chi connectivity index (χ0n) is 18.9. The first kappa shape index (κ1) is 23.6. The minimum absolute atomic E-state index is 0.0530. The van der Waals surface area contributed by atoms with Gasteiger partial charge in [-0.05, 0) is 42.0 Å². The molecule has 1 aromatic heterocycles. The largest absolute Gasteiger partial charge is 0.416 e. The molecule has 2 fully saturated rings. The Hall–Kier alpha value is -3.17. The van der Waals surface area contributed by atoms with Crippen molar-refractivity contribution >= 4 is 23.2 Å². The van der Waals surface area contributed by atoms with E-state index >= 15 is 0 Å².